The summed E-state index contributed by atoms with van der Waals surface area (Å²) < 4.78 is 0. The summed E-state index contributed by atoms with van der Waals surface area (Å²) in [5, 5.41) is 11.7. The first-order valence-corrected chi connectivity index (χ1v) is 8.35. The number of hydrogen-bond donors (Lipinski definition) is 0. The minimum atomic E-state index is -0.460. The van der Waals surface area contributed by atoms with Crippen LogP contribution in [0.5, 0.6) is 0 Å². The summed E-state index contributed by atoms with van der Waals surface area (Å²) in [5.41, 5.74) is 0.995. The van der Waals surface area contributed by atoms with Crippen LogP contribution in [-0.4, -0.2) is 32.4 Å². The van der Waals surface area contributed by atoms with Gasteiger partial charge >= 0.3 is 0 Å². The third-order valence-electron chi connectivity index (χ3n) is 3.50. The summed E-state index contributed by atoms with van der Waals surface area (Å²) in [6.07, 6.45) is 4.79. The van der Waals surface area contributed by atoms with Gasteiger partial charge in [0.1, 0.15) is 0 Å². The third kappa shape index (κ3) is 3.58. The Morgan fingerprint density at radius 2 is 2.12 bits per heavy atom. The Morgan fingerprint density at radius 1 is 1.32 bits per heavy atom. The highest BCUT2D eigenvalue weighted by Gasteiger charge is 2.32. The highest BCUT2D eigenvalue weighted by atomic mass is 32.2. The van der Waals surface area contributed by atoms with Crippen LogP contribution in [0.3, 0.4) is 0 Å². The number of nitro groups is 1. The zero-order chi connectivity index (χ0) is 17.8. The number of amides is 1. The molecule has 1 aliphatic heterocycles. The minimum Gasteiger partial charge on any atom is -0.287 e. The van der Waals surface area contributed by atoms with Crippen LogP contribution in [0.15, 0.2) is 58.7 Å². The predicted molar refractivity (Wildman–Crippen MR) is 97.4 cm³/mol. The average Bonchev–Trinajstić information content (AvgIpc) is 2.90. The predicted octanol–water partition coefficient (Wildman–Crippen LogP) is 3.61. The molecule has 8 heteroatoms. The molecule has 126 valence electrons. The fourth-order valence-corrected chi connectivity index (χ4v) is 3.37. The lowest BCUT2D eigenvalue weighted by atomic mass is 10.1. The number of thioether (sulfide) groups is 1. The van der Waals surface area contributed by atoms with Crippen molar-refractivity contribution in [2.45, 2.75) is 6.92 Å². The maximum absolute atomic E-state index is 12.6. The van der Waals surface area contributed by atoms with Crippen LogP contribution >= 0.6 is 11.8 Å². The maximum Gasteiger partial charge on any atom is 0.276 e. The molecule has 1 amide bonds. The molecule has 0 radical (unpaired) electrons. The summed E-state index contributed by atoms with van der Waals surface area (Å²) in [6, 6.07) is 9.89. The van der Waals surface area contributed by atoms with Crippen molar-refractivity contribution in [1.82, 2.24) is 9.88 Å². The van der Waals surface area contributed by atoms with Crippen LogP contribution < -0.4 is 0 Å². The van der Waals surface area contributed by atoms with Gasteiger partial charge in [0.25, 0.3) is 11.6 Å². The van der Waals surface area contributed by atoms with Crippen LogP contribution in [0, 0.1) is 10.1 Å². The zero-order valence-electron chi connectivity index (χ0n) is 13.3. The smallest absolute Gasteiger partial charge is 0.276 e. The van der Waals surface area contributed by atoms with E-state index in [4.69, 9.17) is 0 Å². The lowest BCUT2D eigenvalue weighted by molar-refractivity contribution is -0.385. The minimum absolute atomic E-state index is 0.0379. The fourth-order valence-electron chi connectivity index (χ4n) is 2.32. The zero-order valence-corrected chi connectivity index (χ0v) is 14.1. The van der Waals surface area contributed by atoms with Crippen molar-refractivity contribution >= 4 is 40.3 Å². The molecule has 2 aromatic rings. The molecule has 1 saturated heterocycles. The van der Waals surface area contributed by atoms with E-state index in [1.54, 1.807) is 48.8 Å². The number of aliphatic imine (C=N–C) groups is 1. The second kappa shape index (κ2) is 7.27. The summed E-state index contributed by atoms with van der Waals surface area (Å²) >= 11 is 1.20. The van der Waals surface area contributed by atoms with Gasteiger partial charge < -0.3 is 0 Å². The SMILES string of the molecule is CCN1C(=O)/C(=C/c2ccccc2[N+](=O)[O-])SC1=Nc1cccnc1. The molecule has 0 bridgehead atoms. The van der Waals surface area contributed by atoms with Gasteiger partial charge in [-0.1, -0.05) is 12.1 Å². The number of aromatic nitrogens is 1. The van der Waals surface area contributed by atoms with Crippen LogP contribution in [0.4, 0.5) is 11.4 Å². The number of carbonyl (C=O) groups excluding carboxylic acids is 1. The number of likely N-dealkylation sites (N-methyl/N-ethyl adjacent to an activating group) is 1. The van der Waals surface area contributed by atoms with Crippen molar-refractivity contribution in [2.24, 2.45) is 4.99 Å². The molecule has 0 N–H and O–H groups in total. The Hall–Kier alpha value is -3.00. The third-order valence-corrected chi connectivity index (χ3v) is 4.50. The molecule has 2 heterocycles. The Labute approximate surface area is 148 Å². The summed E-state index contributed by atoms with van der Waals surface area (Å²) in [5.74, 6) is -0.215. The molecule has 0 spiro atoms. The number of benzene rings is 1. The molecule has 25 heavy (non-hydrogen) atoms. The van der Waals surface area contributed by atoms with E-state index in [1.807, 2.05) is 6.92 Å². The largest absolute Gasteiger partial charge is 0.287 e. The highest BCUT2D eigenvalue weighted by Crippen LogP contribution is 2.35. The van der Waals surface area contributed by atoms with Crippen molar-refractivity contribution < 1.29 is 9.72 Å². The van der Waals surface area contributed by atoms with Crippen molar-refractivity contribution in [3.8, 4) is 0 Å². The lowest BCUT2D eigenvalue weighted by Gasteiger charge is -2.11. The second-order valence-corrected chi connectivity index (χ2v) is 6.09. The van der Waals surface area contributed by atoms with Crippen molar-refractivity contribution in [2.75, 3.05) is 6.54 Å². The molecule has 0 aliphatic carbocycles. The number of nitrogens with zero attached hydrogens (tertiary/aromatic N) is 4. The van der Waals surface area contributed by atoms with Crippen molar-refractivity contribution in [3.05, 3.63) is 69.4 Å². The maximum atomic E-state index is 12.6. The van der Waals surface area contributed by atoms with E-state index >= 15 is 0 Å². The standard InChI is InChI=1S/C17H14N4O3S/c1-2-20-16(22)15(10-12-6-3-4-8-14(12)21(23)24)25-17(20)19-13-7-5-9-18-11-13/h3-11H,2H2,1H3/b15-10-,19-17?. The molecule has 0 atom stereocenters. The quantitative estimate of drug-likeness (QED) is 0.475. The van der Waals surface area contributed by atoms with Gasteiger partial charge in [0, 0.05) is 18.8 Å². The van der Waals surface area contributed by atoms with Crippen LogP contribution in [0.1, 0.15) is 12.5 Å². The first-order valence-electron chi connectivity index (χ1n) is 7.53. The number of rotatable bonds is 4. The number of para-hydroxylation sites is 1. The number of hydrogen-bond acceptors (Lipinski definition) is 6. The molecule has 3 rings (SSSR count). The van der Waals surface area contributed by atoms with Gasteiger partial charge in [-0.25, -0.2) is 4.99 Å². The number of carbonyl (C=O) groups is 1. The second-order valence-electron chi connectivity index (χ2n) is 5.08. The molecule has 1 fully saturated rings. The van der Waals surface area contributed by atoms with Crippen LogP contribution in [-0.2, 0) is 4.79 Å². The van der Waals surface area contributed by atoms with Gasteiger partial charge in [-0.3, -0.25) is 24.8 Å². The first kappa shape index (κ1) is 16.8. The van der Waals surface area contributed by atoms with Gasteiger partial charge in [0.15, 0.2) is 5.17 Å². The number of pyridine rings is 1. The van der Waals surface area contributed by atoms with E-state index in [1.165, 1.54) is 22.7 Å². The molecule has 0 unspecified atom stereocenters. The van der Waals surface area contributed by atoms with Crippen molar-refractivity contribution in [1.29, 1.82) is 0 Å². The molecular formula is C17H14N4O3S. The average molecular weight is 354 g/mol. The Balaban J connectivity index is 1.98. The van der Waals surface area contributed by atoms with E-state index in [-0.39, 0.29) is 11.6 Å². The topological polar surface area (TPSA) is 88.7 Å². The molecule has 7 nitrogen and oxygen atoms in total. The molecule has 0 saturated carbocycles. The fraction of sp³-hybridized carbons (Fsp3) is 0.118. The number of nitro benzene ring substituents is 1. The van der Waals surface area contributed by atoms with E-state index < -0.39 is 4.92 Å². The summed E-state index contributed by atoms with van der Waals surface area (Å²) in [7, 11) is 0. The Morgan fingerprint density at radius 3 is 2.80 bits per heavy atom. The molecule has 1 aromatic heterocycles. The first-order chi connectivity index (χ1) is 12.1. The normalized spacial score (nSPS) is 17.5. The van der Waals surface area contributed by atoms with Gasteiger partial charge in [-0.05, 0) is 43.0 Å². The van der Waals surface area contributed by atoms with Crippen LogP contribution in [0.2, 0.25) is 0 Å². The molecular weight excluding hydrogens is 340 g/mol. The van der Waals surface area contributed by atoms with Gasteiger partial charge in [-0.2, -0.15) is 0 Å². The molecule has 1 aliphatic rings. The monoisotopic (exact) mass is 354 g/mol. The van der Waals surface area contributed by atoms with Gasteiger partial charge in [0.2, 0.25) is 0 Å². The highest BCUT2D eigenvalue weighted by molar-refractivity contribution is 8.18. The molecule has 1 aromatic carbocycles. The van der Waals surface area contributed by atoms with E-state index in [2.05, 4.69) is 9.98 Å². The van der Waals surface area contributed by atoms with E-state index in [0.717, 1.165) is 0 Å². The Bertz CT molecular complexity index is 880. The van der Waals surface area contributed by atoms with Crippen LogP contribution in [0.25, 0.3) is 6.08 Å². The van der Waals surface area contributed by atoms with Crippen molar-refractivity contribution in [3.63, 3.8) is 0 Å². The summed E-state index contributed by atoms with van der Waals surface area (Å²) in [6.45, 7) is 2.31. The van der Waals surface area contributed by atoms with Gasteiger partial charge in [0.05, 0.1) is 27.3 Å². The van der Waals surface area contributed by atoms with Gasteiger partial charge in [-0.15, -0.1) is 0 Å². The summed E-state index contributed by atoms with van der Waals surface area (Å²) in [4.78, 5) is 33.7. The lowest BCUT2D eigenvalue weighted by Crippen LogP contribution is -2.28. The van der Waals surface area contributed by atoms with E-state index in [9.17, 15) is 14.9 Å². The van der Waals surface area contributed by atoms with E-state index in [0.29, 0.717) is 27.9 Å². The number of amidine groups is 1. The Kier molecular flexibility index (Phi) is 4.90.